The fourth-order valence-electron chi connectivity index (χ4n) is 2.69. The first-order valence-corrected chi connectivity index (χ1v) is 7.85. The Bertz CT molecular complexity index is 437. The van der Waals surface area contributed by atoms with E-state index in [1.54, 1.807) is 7.11 Å². The van der Waals surface area contributed by atoms with Gasteiger partial charge in [-0.3, -0.25) is 0 Å². The van der Waals surface area contributed by atoms with Gasteiger partial charge >= 0.3 is 0 Å². The average molecular weight is 275 g/mol. The molecule has 0 heterocycles. The van der Waals surface area contributed by atoms with Gasteiger partial charge in [0.25, 0.3) is 0 Å². The molecule has 2 rings (SSSR count). The van der Waals surface area contributed by atoms with E-state index in [-0.39, 0.29) is 5.92 Å². The van der Waals surface area contributed by atoms with Crippen molar-refractivity contribution in [2.45, 2.75) is 42.8 Å². The average Bonchev–Trinajstić information content (AvgIpc) is 2.48. The molecule has 3 unspecified atom stereocenters. The van der Waals surface area contributed by atoms with E-state index in [2.05, 4.69) is 25.1 Å². The Morgan fingerprint density at radius 3 is 2.63 bits per heavy atom. The molecule has 0 N–H and O–H groups in total. The van der Waals surface area contributed by atoms with Crippen LogP contribution >= 0.6 is 11.8 Å². The molecule has 0 saturated heterocycles. The molecular weight excluding hydrogens is 254 g/mol. The predicted molar refractivity (Wildman–Crippen MR) is 79.4 cm³/mol. The fourth-order valence-corrected chi connectivity index (χ4v) is 4.06. The third-order valence-electron chi connectivity index (χ3n) is 3.99. The number of rotatable bonds is 4. The molecule has 0 spiro atoms. The smallest absolute Gasteiger partial charge is 0.118 e. The van der Waals surface area contributed by atoms with Crippen molar-refractivity contribution < 1.29 is 4.74 Å². The summed E-state index contributed by atoms with van der Waals surface area (Å²) in [4.78, 5) is 1.24. The van der Waals surface area contributed by atoms with Crippen LogP contribution in [-0.4, -0.2) is 12.4 Å². The van der Waals surface area contributed by atoms with E-state index in [9.17, 15) is 5.26 Å². The first kappa shape index (κ1) is 14.3. The van der Waals surface area contributed by atoms with Gasteiger partial charge in [-0.05, 0) is 49.4 Å². The highest BCUT2D eigenvalue weighted by Gasteiger charge is 2.30. The maximum Gasteiger partial charge on any atom is 0.118 e. The Hall–Kier alpha value is -1.14. The Kier molecular flexibility index (Phi) is 5.15. The molecule has 1 aromatic carbocycles. The standard InChI is InChI=1S/C16H21NOS/c1-3-12-4-5-13(11-17)16(10-12)19-15-8-6-14(18-2)7-9-15/h6-9,12-13,16H,3-5,10H2,1-2H3. The second-order valence-electron chi connectivity index (χ2n) is 5.15. The lowest BCUT2D eigenvalue weighted by molar-refractivity contribution is 0.317. The quantitative estimate of drug-likeness (QED) is 0.810. The van der Waals surface area contributed by atoms with E-state index in [1.165, 1.54) is 24.2 Å². The summed E-state index contributed by atoms with van der Waals surface area (Å²) in [5, 5.41) is 9.74. The van der Waals surface area contributed by atoms with Crippen molar-refractivity contribution in [3.63, 3.8) is 0 Å². The lowest BCUT2D eigenvalue weighted by Crippen LogP contribution is -2.25. The van der Waals surface area contributed by atoms with Gasteiger partial charge < -0.3 is 4.74 Å². The van der Waals surface area contributed by atoms with Crippen LogP contribution in [0.4, 0.5) is 0 Å². The van der Waals surface area contributed by atoms with Crippen LogP contribution in [-0.2, 0) is 0 Å². The van der Waals surface area contributed by atoms with Gasteiger partial charge in [0, 0.05) is 10.1 Å². The van der Waals surface area contributed by atoms with Crippen LogP contribution in [0.3, 0.4) is 0 Å². The van der Waals surface area contributed by atoms with E-state index in [0.717, 1.165) is 18.1 Å². The van der Waals surface area contributed by atoms with Gasteiger partial charge in [0.2, 0.25) is 0 Å². The summed E-state index contributed by atoms with van der Waals surface area (Å²) >= 11 is 1.86. The summed E-state index contributed by atoms with van der Waals surface area (Å²) in [6.45, 7) is 2.26. The second-order valence-corrected chi connectivity index (χ2v) is 6.47. The zero-order chi connectivity index (χ0) is 13.7. The largest absolute Gasteiger partial charge is 0.497 e. The normalized spacial score (nSPS) is 26.7. The maximum absolute atomic E-state index is 9.30. The molecule has 3 heteroatoms. The topological polar surface area (TPSA) is 33.0 Å². The molecule has 2 nitrogen and oxygen atoms in total. The van der Waals surface area contributed by atoms with Crippen molar-refractivity contribution in [1.29, 1.82) is 5.26 Å². The molecule has 1 aliphatic rings. The maximum atomic E-state index is 9.30. The number of hydrogen-bond donors (Lipinski definition) is 0. The van der Waals surface area contributed by atoms with Crippen molar-refractivity contribution in [1.82, 2.24) is 0 Å². The molecule has 0 aromatic heterocycles. The van der Waals surface area contributed by atoms with Gasteiger partial charge in [-0.2, -0.15) is 5.26 Å². The summed E-state index contributed by atoms with van der Waals surface area (Å²) < 4.78 is 5.17. The summed E-state index contributed by atoms with van der Waals surface area (Å²) in [5.74, 6) is 1.88. The number of methoxy groups -OCH3 is 1. The van der Waals surface area contributed by atoms with Gasteiger partial charge in [0.15, 0.2) is 0 Å². The van der Waals surface area contributed by atoms with Crippen LogP contribution in [0, 0.1) is 23.2 Å². The minimum Gasteiger partial charge on any atom is -0.497 e. The number of benzene rings is 1. The molecule has 0 bridgehead atoms. The lowest BCUT2D eigenvalue weighted by Gasteiger charge is -2.31. The highest BCUT2D eigenvalue weighted by atomic mass is 32.2. The molecule has 0 radical (unpaired) electrons. The van der Waals surface area contributed by atoms with Gasteiger partial charge in [-0.1, -0.05) is 13.3 Å². The Morgan fingerprint density at radius 2 is 2.05 bits per heavy atom. The fraction of sp³-hybridized carbons (Fsp3) is 0.562. The minimum absolute atomic E-state index is 0.204. The third kappa shape index (κ3) is 3.67. The van der Waals surface area contributed by atoms with Crippen LogP contribution in [0.2, 0.25) is 0 Å². The number of thioether (sulfide) groups is 1. The lowest BCUT2D eigenvalue weighted by atomic mass is 9.81. The third-order valence-corrected chi connectivity index (χ3v) is 5.36. The molecule has 19 heavy (non-hydrogen) atoms. The van der Waals surface area contributed by atoms with Crippen LogP contribution in [0.25, 0.3) is 0 Å². The molecule has 1 fully saturated rings. The molecule has 1 saturated carbocycles. The number of nitriles is 1. The zero-order valence-corrected chi connectivity index (χ0v) is 12.5. The molecule has 3 atom stereocenters. The van der Waals surface area contributed by atoms with Gasteiger partial charge in [-0.25, -0.2) is 0 Å². The highest BCUT2D eigenvalue weighted by molar-refractivity contribution is 8.00. The van der Waals surface area contributed by atoms with E-state index in [1.807, 2.05) is 23.9 Å². The first-order chi connectivity index (χ1) is 9.26. The molecule has 0 amide bonds. The Balaban J connectivity index is 2.03. The Morgan fingerprint density at radius 1 is 1.32 bits per heavy atom. The summed E-state index contributed by atoms with van der Waals surface area (Å²) in [7, 11) is 1.68. The molecule has 0 aliphatic heterocycles. The molecule has 1 aromatic rings. The van der Waals surface area contributed by atoms with E-state index in [4.69, 9.17) is 4.74 Å². The highest BCUT2D eigenvalue weighted by Crippen LogP contribution is 2.40. The number of hydrogen-bond acceptors (Lipinski definition) is 3. The first-order valence-electron chi connectivity index (χ1n) is 6.97. The SMILES string of the molecule is CCC1CCC(C#N)C(Sc2ccc(OC)cc2)C1. The van der Waals surface area contributed by atoms with Crippen LogP contribution in [0.1, 0.15) is 32.6 Å². The van der Waals surface area contributed by atoms with E-state index < -0.39 is 0 Å². The molecule has 1 aliphatic carbocycles. The van der Waals surface area contributed by atoms with Crippen LogP contribution in [0.5, 0.6) is 5.75 Å². The van der Waals surface area contributed by atoms with E-state index in [0.29, 0.717) is 5.25 Å². The summed E-state index contributed by atoms with van der Waals surface area (Å²) in [5.41, 5.74) is 0. The molecular formula is C16H21NOS. The van der Waals surface area contributed by atoms with Gasteiger partial charge in [0.1, 0.15) is 5.75 Å². The molecule has 102 valence electrons. The summed E-state index contributed by atoms with van der Waals surface area (Å²) in [6, 6.07) is 10.7. The van der Waals surface area contributed by atoms with Crippen molar-refractivity contribution >= 4 is 11.8 Å². The van der Waals surface area contributed by atoms with Crippen LogP contribution in [0.15, 0.2) is 29.2 Å². The second kappa shape index (κ2) is 6.86. The summed E-state index contributed by atoms with van der Waals surface area (Å²) in [6.07, 6.45) is 4.68. The monoisotopic (exact) mass is 275 g/mol. The Labute approximate surface area is 120 Å². The predicted octanol–water partition coefficient (Wildman–Crippen LogP) is 4.51. The van der Waals surface area contributed by atoms with Crippen LogP contribution < -0.4 is 4.74 Å². The number of ether oxygens (including phenoxy) is 1. The van der Waals surface area contributed by atoms with Gasteiger partial charge in [-0.15, -0.1) is 11.8 Å². The van der Waals surface area contributed by atoms with Crippen molar-refractivity contribution in [2.24, 2.45) is 11.8 Å². The van der Waals surface area contributed by atoms with Crippen molar-refractivity contribution in [3.05, 3.63) is 24.3 Å². The van der Waals surface area contributed by atoms with Gasteiger partial charge in [0.05, 0.1) is 19.1 Å². The van der Waals surface area contributed by atoms with Crippen molar-refractivity contribution in [3.8, 4) is 11.8 Å². The zero-order valence-electron chi connectivity index (χ0n) is 11.6. The van der Waals surface area contributed by atoms with E-state index >= 15 is 0 Å². The minimum atomic E-state index is 0.204. The van der Waals surface area contributed by atoms with Crippen molar-refractivity contribution in [2.75, 3.05) is 7.11 Å². The number of nitrogens with zero attached hydrogens (tertiary/aromatic N) is 1.